The van der Waals surface area contributed by atoms with Crippen molar-refractivity contribution in [1.29, 1.82) is 0 Å². The zero-order valence-corrected chi connectivity index (χ0v) is 13.5. The number of pyridine rings is 1. The first kappa shape index (κ1) is 15.9. The van der Waals surface area contributed by atoms with Gasteiger partial charge in [-0.3, -0.25) is 0 Å². The molecule has 0 atom stereocenters. The third-order valence-corrected chi connectivity index (χ3v) is 3.69. The highest BCUT2D eigenvalue weighted by Gasteiger charge is 2.20. The van der Waals surface area contributed by atoms with Crippen molar-refractivity contribution in [2.75, 3.05) is 0 Å². The number of carbonyl (C=O) groups is 1. The molecule has 0 unspecified atom stereocenters. The predicted octanol–water partition coefficient (Wildman–Crippen LogP) is 2.22. The summed E-state index contributed by atoms with van der Waals surface area (Å²) in [6.45, 7) is 1.67. The number of para-hydroxylation sites is 1. The van der Waals surface area contributed by atoms with E-state index in [9.17, 15) is 10.0 Å². The summed E-state index contributed by atoms with van der Waals surface area (Å²) in [7, 11) is 0. The zero-order chi connectivity index (χ0) is 17.1. The number of esters is 1. The van der Waals surface area contributed by atoms with Gasteiger partial charge in [-0.25, -0.2) is 9.48 Å². The Labute approximate surface area is 142 Å². The number of rotatable bonds is 4. The Hall–Kier alpha value is -2.93. The molecule has 0 bridgehead atoms. The maximum absolute atomic E-state index is 12.2. The fourth-order valence-electron chi connectivity index (χ4n) is 2.17. The van der Waals surface area contributed by atoms with Crippen molar-refractivity contribution in [3.63, 3.8) is 0 Å². The second-order valence-corrected chi connectivity index (χ2v) is 5.44. The lowest BCUT2D eigenvalue weighted by atomic mass is 10.3. The Kier molecular flexibility index (Phi) is 4.43. The number of aromatic nitrogens is 4. The van der Waals surface area contributed by atoms with E-state index in [-0.39, 0.29) is 12.3 Å². The van der Waals surface area contributed by atoms with Gasteiger partial charge in [0.1, 0.15) is 6.61 Å². The summed E-state index contributed by atoms with van der Waals surface area (Å²) >= 11 is 6.14. The smallest absolute Gasteiger partial charge is 0.361 e. The summed E-state index contributed by atoms with van der Waals surface area (Å²) in [5.74, 6) is -0.618. The first-order valence-corrected chi connectivity index (χ1v) is 7.46. The molecule has 0 amide bonds. The van der Waals surface area contributed by atoms with Gasteiger partial charge in [0.25, 0.3) is 0 Å². The number of nitrogens with zero attached hydrogens (tertiary/aromatic N) is 4. The molecule has 0 aliphatic rings. The molecule has 7 nitrogen and oxygen atoms in total. The van der Waals surface area contributed by atoms with Gasteiger partial charge in [0.05, 0.1) is 22.0 Å². The van der Waals surface area contributed by atoms with Gasteiger partial charge < -0.3 is 9.94 Å². The maximum atomic E-state index is 12.2. The molecule has 0 saturated heterocycles. The molecule has 0 saturated carbocycles. The predicted molar refractivity (Wildman–Crippen MR) is 85.6 cm³/mol. The van der Waals surface area contributed by atoms with Gasteiger partial charge in [0.2, 0.25) is 0 Å². The molecule has 122 valence electrons. The minimum absolute atomic E-state index is 0.0275. The van der Waals surface area contributed by atoms with E-state index in [0.717, 1.165) is 0 Å². The molecule has 0 spiro atoms. The number of hydrogen-bond donors (Lipinski definition) is 0. The van der Waals surface area contributed by atoms with Crippen LogP contribution in [0.4, 0.5) is 0 Å². The molecule has 1 aromatic carbocycles. The molecule has 24 heavy (non-hydrogen) atoms. The van der Waals surface area contributed by atoms with Crippen molar-refractivity contribution in [1.82, 2.24) is 15.0 Å². The average Bonchev–Trinajstić information content (AvgIpc) is 2.95. The molecule has 0 N–H and O–H groups in total. The Morgan fingerprint density at radius 2 is 2.12 bits per heavy atom. The summed E-state index contributed by atoms with van der Waals surface area (Å²) in [6, 6.07) is 10.4. The third-order valence-electron chi connectivity index (χ3n) is 3.37. The number of halogens is 1. The van der Waals surface area contributed by atoms with Crippen molar-refractivity contribution in [2.45, 2.75) is 13.5 Å². The van der Waals surface area contributed by atoms with Crippen LogP contribution in [-0.4, -0.2) is 21.0 Å². The van der Waals surface area contributed by atoms with Crippen molar-refractivity contribution in [3.05, 3.63) is 76.0 Å². The van der Waals surface area contributed by atoms with E-state index in [1.54, 1.807) is 37.3 Å². The molecule has 2 aromatic heterocycles. The minimum Gasteiger partial charge on any atom is -0.619 e. The van der Waals surface area contributed by atoms with Crippen molar-refractivity contribution in [3.8, 4) is 5.69 Å². The molecular weight excluding hydrogens is 332 g/mol. The van der Waals surface area contributed by atoms with Crippen LogP contribution in [0.3, 0.4) is 0 Å². The lowest BCUT2D eigenvalue weighted by Gasteiger charge is -2.06. The second-order valence-electron chi connectivity index (χ2n) is 5.03. The van der Waals surface area contributed by atoms with Crippen molar-refractivity contribution in [2.24, 2.45) is 0 Å². The lowest BCUT2D eigenvalue weighted by molar-refractivity contribution is -0.606. The van der Waals surface area contributed by atoms with Crippen LogP contribution in [0.5, 0.6) is 0 Å². The highest BCUT2D eigenvalue weighted by atomic mass is 35.5. The van der Waals surface area contributed by atoms with Crippen LogP contribution in [0.15, 0.2) is 48.8 Å². The maximum Gasteiger partial charge on any atom is 0.361 e. The molecule has 0 radical (unpaired) electrons. The zero-order valence-electron chi connectivity index (χ0n) is 12.7. The van der Waals surface area contributed by atoms with Crippen LogP contribution < -0.4 is 4.73 Å². The largest absolute Gasteiger partial charge is 0.619 e. The standard InChI is InChI=1S/C16H13ClN4O3/c1-11-15(16(22)24-10-12-5-4-8-20(23)9-12)18-19-21(11)14-7-3-2-6-13(14)17/h2-9H,10H2,1H3. The fraction of sp³-hybridized carbons (Fsp3) is 0.125. The van der Waals surface area contributed by atoms with Gasteiger partial charge in [-0.1, -0.05) is 28.9 Å². The molecule has 3 aromatic rings. The summed E-state index contributed by atoms with van der Waals surface area (Å²) in [4.78, 5) is 12.2. The fourth-order valence-corrected chi connectivity index (χ4v) is 2.39. The van der Waals surface area contributed by atoms with E-state index in [1.807, 2.05) is 6.07 Å². The molecule has 8 heteroatoms. The average molecular weight is 345 g/mol. The molecule has 0 aliphatic heterocycles. The second kappa shape index (κ2) is 6.67. The Bertz CT molecular complexity index is 895. The highest BCUT2D eigenvalue weighted by molar-refractivity contribution is 6.32. The van der Waals surface area contributed by atoms with Crippen molar-refractivity contribution < 1.29 is 14.3 Å². The Morgan fingerprint density at radius 3 is 2.88 bits per heavy atom. The Morgan fingerprint density at radius 1 is 1.33 bits per heavy atom. The van der Waals surface area contributed by atoms with Crippen LogP contribution in [-0.2, 0) is 11.3 Å². The highest BCUT2D eigenvalue weighted by Crippen LogP contribution is 2.21. The van der Waals surface area contributed by atoms with Gasteiger partial charge in [0.15, 0.2) is 18.1 Å². The van der Waals surface area contributed by atoms with Gasteiger partial charge in [-0.2, -0.15) is 4.73 Å². The van der Waals surface area contributed by atoms with Crippen molar-refractivity contribution >= 4 is 17.6 Å². The van der Waals surface area contributed by atoms with E-state index >= 15 is 0 Å². The van der Waals surface area contributed by atoms with Crippen LogP contribution in [0, 0.1) is 12.1 Å². The van der Waals surface area contributed by atoms with Gasteiger partial charge >= 0.3 is 5.97 Å². The first-order chi connectivity index (χ1) is 11.6. The lowest BCUT2D eigenvalue weighted by Crippen LogP contribution is -2.25. The van der Waals surface area contributed by atoms with E-state index < -0.39 is 5.97 Å². The number of benzene rings is 1. The Balaban J connectivity index is 1.78. The molecule has 2 heterocycles. The van der Waals surface area contributed by atoms with Gasteiger partial charge in [-0.15, -0.1) is 5.10 Å². The molecular formula is C16H13ClN4O3. The topological polar surface area (TPSA) is 83.9 Å². The van der Waals surface area contributed by atoms with E-state index in [1.165, 1.54) is 17.1 Å². The van der Waals surface area contributed by atoms with Gasteiger partial charge in [0, 0.05) is 6.07 Å². The molecule has 3 rings (SSSR count). The summed E-state index contributed by atoms with van der Waals surface area (Å²) in [6.07, 6.45) is 2.69. The summed E-state index contributed by atoms with van der Waals surface area (Å²) < 4.78 is 7.31. The quantitative estimate of drug-likeness (QED) is 0.411. The van der Waals surface area contributed by atoms with Gasteiger partial charge in [-0.05, 0) is 25.1 Å². The normalized spacial score (nSPS) is 10.6. The van der Waals surface area contributed by atoms with E-state index in [0.29, 0.717) is 26.7 Å². The van der Waals surface area contributed by atoms with Crippen LogP contribution in [0.1, 0.15) is 21.7 Å². The van der Waals surface area contributed by atoms with E-state index in [4.69, 9.17) is 16.3 Å². The van der Waals surface area contributed by atoms with Crippen LogP contribution >= 0.6 is 11.6 Å². The summed E-state index contributed by atoms with van der Waals surface area (Å²) in [5.41, 5.74) is 1.82. The number of carbonyl (C=O) groups excluding carboxylic acids is 1. The van der Waals surface area contributed by atoms with E-state index in [2.05, 4.69) is 10.3 Å². The molecule has 0 aliphatic carbocycles. The SMILES string of the molecule is Cc1c(C(=O)OCc2ccc[n+]([O-])c2)nnn1-c1ccccc1Cl. The van der Waals surface area contributed by atoms with Crippen LogP contribution in [0.2, 0.25) is 5.02 Å². The minimum atomic E-state index is -0.618. The van der Waals surface area contributed by atoms with Crippen LogP contribution in [0.25, 0.3) is 5.69 Å². The monoisotopic (exact) mass is 344 g/mol. The summed E-state index contributed by atoms with van der Waals surface area (Å²) in [5, 5.41) is 19.5. The molecule has 0 fully saturated rings. The first-order valence-electron chi connectivity index (χ1n) is 7.08. The number of ether oxygens (including phenoxy) is 1. The third kappa shape index (κ3) is 3.21. The number of hydrogen-bond acceptors (Lipinski definition) is 5.